The van der Waals surface area contributed by atoms with Crippen LogP contribution >= 0.6 is 0 Å². The molecule has 0 aromatic heterocycles. The second-order valence-corrected chi connectivity index (χ2v) is 5.95. The van der Waals surface area contributed by atoms with Crippen LogP contribution in [0.3, 0.4) is 0 Å². The van der Waals surface area contributed by atoms with E-state index in [9.17, 15) is 9.50 Å². The van der Waals surface area contributed by atoms with Crippen LogP contribution in [-0.4, -0.2) is 23.9 Å². The summed E-state index contributed by atoms with van der Waals surface area (Å²) in [7, 11) is 0. The summed E-state index contributed by atoms with van der Waals surface area (Å²) in [4.78, 5) is 0. The van der Waals surface area contributed by atoms with Gasteiger partial charge in [-0.2, -0.15) is 0 Å². The molecule has 2 unspecified atom stereocenters. The Morgan fingerprint density at radius 1 is 1.17 bits per heavy atom. The van der Waals surface area contributed by atoms with Crippen molar-refractivity contribution in [2.45, 2.75) is 38.3 Å². The van der Waals surface area contributed by atoms with E-state index < -0.39 is 12.8 Å². The molecule has 0 radical (unpaired) electrons. The first-order chi connectivity index (χ1) is 11.3. The molecule has 3 rings (SSSR count). The van der Waals surface area contributed by atoms with Gasteiger partial charge in [-0.1, -0.05) is 36.4 Å². The highest BCUT2D eigenvalue weighted by Gasteiger charge is 2.26. The minimum absolute atomic E-state index is 0.220. The zero-order chi connectivity index (χ0) is 16.1. The lowest BCUT2D eigenvalue weighted by Crippen LogP contribution is -2.41. The van der Waals surface area contributed by atoms with Crippen LogP contribution in [0.5, 0.6) is 5.75 Å². The van der Waals surface area contributed by atoms with Gasteiger partial charge in [0.15, 0.2) is 0 Å². The molecule has 0 spiro atoms. The van der Waals surface area contributed by atoms with Crippen molar-refractivity contribution in [1.82, 2.24) is 5.32 Å². The molecule has 2 aromatic rings. The Morgan fingerprint density at radius 3 is 2.78 bits per heavy atom. The lowest BCUT2D eigenvalue weighted by molar-refractivity contribution is 0.0243. The van der Waals surface area contributed by atoms with Crippen LogP contribution < -0.4 is 10.1 Å². The third-order valence-electron chi connectivity index (χ3n) is 4.21. The summed E-state index contributed by atoms with van der Waals surface area (Å²) >= 11 is 0. The molecule has 0 saturated carbocycles. The van der Waals surface area contributed by atoms with Gasteiger partial charge >= 0.3 is 0 Å². The number of aliphatic hydroxyl groups is 1. The minimum Gasteiger partial charge on any atom is -0.487 e. The van der Waals surface area contributed by atoms with E-state index in [2.05, 4.69) is 17.4 Å². The Balaban J connectivity index is 1.51. The molecule has 0 aliphatic carbocycles. The lowest BCUT2D eigenvalue weighted by atomic mass is 9.97. The van der Waals surface area contributed by atoms with Gasteiger partial charge in [-0.3, -0.25) is 0 Å². The molecule has 0 fully saturated rings. The molecule has 1 aliphatic heterocycles. The normalized spacial score (nSPS) is 18.1. The third-order valence-corrected chi connectivity index (χ3v) is 4.21. The van der Waals surface area contributed by atoms with Crippen molar-refractivity contribution < 1.29 is 14.2 Å². The Bertz CT molecular complexity index is 633. The van der Waals surface area contributed by atoms with Gasteiger partial charge in [-0.15, -0.1) is 0 Å². The van der Waals surface area contributed by atoms with Gasteiger partial charge in [-0.05, 0) is 41.7 Å². The van der Waals surface area contributed by atoms with Gasteiger partial charge in [0.05, 0.1) is 0 Å². The summed E-state index contributed by atoms with van der Waals surface area (Å²) in [6.07, 6.45) is 0.773. The van der Waals surface area contributed by atoms with Crippen molar-refractivity contribution in [2.24, 2.45) is 0 Å². The smallest absolute Gasteiger partial charge is 0.126 e. The van der Waals surface area contributed by atoms with E-state index in [0.29, 0.717) is 12.1 Å². The molecule has 0 saturated heterocycles. The fourth-order valence-corrected chi connectivity index (χ4v) is 2.91. The van der Waals surface area contributed by atoms with Crippen LogP contribution in [-0.2, 0) is 19.6 Å². The summed E-state index contributed by atoms with van der Waals surface area (Å²) in [6, 6.07) is 15.5. The van der Waals surface area contributed by atoms with Crippen LogP contribution in [0.1, 0.15) is 23.1 Å². The van der Waals surface area contributed by atoms with Crippen molar-refractivity contribution in [3.05, 3.63) is 65.2 Å². The number of fused-ring (bicyclic) bond motifs is 1. The molecule has 2 aromatic carbocycles. The molecule has 23 heavy (non-hydrogen) atoms. The summed E-state index contributed by atoms with van der Waals surface area (Å²) < 4.78 is 18.6. The number of hydrogen-bond donors (Lipinski definition) is 2. The standard InChI is InChI=1S/C19H22FNO2/c20-11-15-6-8-18-16(10-15)7-9-19(23-18)17(22)13-21-12-14-4-2-1-3-5-14/h1-6,8,10,17,19,21-22H,7,9,11-13H2. The molecule has 2 atom stereocenters. The van der Waals surface area contributed by atoms with E-state index in [4.69, 9.17) is 4.74 Å². The van der Waals surface area contributed by atoms with Crippen molar-refractivity contribution in [1.29, 1.82) is 0 Å². The fraction of sp³-hybridized carbons (Fsp3) is 0.368. The van der Waals surface area contributed by atoms with Gasteiger partial charge in [0.1, 0.15) is 24.6 Å². The number of hydrogen-bond acceptors (Lipinski definition) is 3. The molecular formula is C19H22FNO2. The first-order valence-electron chi connectivity index (χ1n) is 8.03. The zero-order valence-electron chi connectivity index (χ0n) is 13.0. The second-order valence-electron chi connectivity index (χ2n) is 5.95. The molecular weight excluding hydrogens is 293 g/mol. The highest BCUT2D eigenvalue weighted by molar-refractivity contribution is 5.38. The van der Waals surface area contributed by atoms with Crippen LogP contribution in [0, 0.1) is 0 Å². The van der Waals surface area contributed by atoms with E-state index in [1.165, 1.54) is 5.56 Å². The molecule has 122 valence electrons. The average Bonchev–Trinajstić information content (AvgIpc) is 2.61. The topological polar surface area (TPSA) is 41.5 Å². The molecule has 3 nitrogen and oxygen atoms in total. The summed E-state index contributed by atoms with van der Waals surface area (Å²) in [5.74, 6) is 0.764. The first-order valence-corrected chi connectivity index (χ1v) is 8.03. The predicted octanol–water partition coefficient (Wildman–Crippen LogP) is 3.00. The van der Waals surface area contributed by atoms with E-state index in [1.807, 2.05) is 24.3 Å². The van der Waals surface area contributed by atoms with Crippen LogP contribution in [0.2, 0.25) is 0 Å². The highest BCUT2D eigenvalue weighted by Crippen LogP contribution is 2.29. The first kappa shape index (κ1) is 16.0. The number of halogens is 1. The molecule has 1 heterocycles. The maximum absolute atomic E-state index is 12.7. The predicted molar refractivity (Wildman–Crippen MR) is 88.1 cm³/mol. The summed E-state index contributed by atoms with van der Waals surface area (Å²) in [6.45, 7) is 0.751. The summed E-state index contributed by atoms with van der Waals surface area (Å²) in [5.41, 5.74) is 2.89. The zero-order valence-corrected chi connectivity index (χ0v) is 13.0. The minimum atomic E-state index is -0.562. The molecule has 4 heteroatoms. The second kappa shape index (κ2) is 7.57. The largest absolute Gasteiger partial charge is 0.487 e. The van der Waals surface area contributed by atoms with E-state index in [0.717, 1.165) is 30.7 Å². The fourth-order valence-electron chi connectivity index (χ4n) is 2.91. The maximum atomic E-state index is 12.7. The van der Waals surface area contributed by atoms with E-state index in [-0.39, 0.29) is 6.10 Å². The monoisotopic (exact) mass is 315 g/mol. The number of rotatable bonds is 6. The number of benzene rings is 2. The van der Waals surface area contributed by atoms with Crippen molar-refractivity contribution in [3.63, 3.8) is 0 Å². The summed E-state index contributed by atoms with van der Waals surface area (Å²) in [5, 5.41) is 13.6. The van der Waals surface area contributed by atoms with Crippen molar-refractivity contribution in [2.75, 3.05) is 6.54 Å². The lowest BCUT2D eigenvalue weighted by Gasteiger charge is -2.30. The highest BCUT2D eigenvalue weighted by atomic mass is 19.1. The average molecular weight is 315 g/mol. The quantitative estimate of drug-likeness (QED) is 0.861. The number of nitrogens with one attached hydrogen (secondary N) is 1. The van der Waals surface area contributed by atoms with Gasteiger partial charge < -0.3 is 15.2 Å². The van der Waals surface area contributed by atoms with Crippen LogP contribution in [0.15, 0.2) is 48.5 Å². The number of aryl methyl sites for hydroxylation is 1. The Hall–Kier alpha value is -1.91. The van der Waals surface area contributed by atoms with Crippen LogP contribution in [0.4, 0.5) is 4.39 Å². The molecule has 0 amide bonds. The molecule has 1 aliphatic rings. The van der Waals surface area contributed by atoms with Crippen molar-refractivity contribution >= 4 is 0 Å². The van der Waals surface area contributed by atoms with Gasteiger partial charge in [0.2, 0.25) is 0 Å². The van der Waals surface area contributed by atoms with Gasteiger partial charge in [-0.25, -0.2) is 4.39 Å². The van der Waals surface area contributed by atoms with Crippen molar-refractivity contribution in [3.8, 4) is 5.75 Å². The van der Waals surface area contributed by atoms with Crippen LogP contribution in [0.25, 0.3) is 0 Å². The molecule has 2 N–H and O–H groups in total. The molecule has 0 bridgehead atoms. The Morgan fingerprint density at radius 2 is 2.00 bits per heavy atom. The third kappa shape index (κ3) is 4.09. The van der Waals surface area contributed by atoms with Gasteiger partial charge in [0.25, 0.3) is 0 Å². The number of ether oxygens (including phenoxy) is 1. The number of alkyl halides is 1. The number of aliphatic hydroxyl groups excluding tert-OH is 1. The Labute approximate surface area is 136 Å². The maximum Gasteiger partial charge on any atom is 0.126 e. The SMILES string of the molecule is OC(CNCc1ccccc1)C1CCc2cc(CF)ccc2O1. The van der Waals surface area contributed by atoms with E-state index in [1.54, 1.807) is 12.1 Å². The van der Waals surface area contributed by atoms with Gasteiger partial charge in [0, 0.05) is 13.1 Å². The van der Waals surface area contributed by atoms with E-state index >= 15 is 0 Å². The Kier molecular flexibility index (Phi) is 5.26.